The molecule has 0 spiro atoms. The monoisotopic (exact) mass is 276 g/mol. The summed E-state index contributed by atoms with van der Waals surface area (Å²) in [4.78, 5) is 11.8. The first kappa shape index (κ1) is 16.7. The zero-order valence-electron chi connectivity index (χ0n) is 12.9. The molecule has 20 heavy (non-hydrogen) atoms. The first-order valence-electron chi connectivity index (χ1n) is 8.00. The Morgan fingerprint density at radius 1 is 1.00 bits per heavy atom. The average molecular weight is 276 g/mol. The fourth-order valence-corrected chi connectivity index (χ4v) is 2.27. The summed E-state index contributed by atoms with van der Waals surface area (Å²) >= 11 is 0. The van der Waals surface area contributed by atoms with Crippen molar-refractivity contribution in [1.82, 2.24) is 0 Å². The summed E-state index contributed by atoms with van der Waals surface area (Å²) in [6, 6.07) is 9.21. The SMILES string of the molecule is CCCCCCCCCC(C)OC(=O)c1ccccc1. The molecule has 2 heteroatoms. The standard InChI is InChI=1S/C18H28O2/c1-3-4-5-6-7-8-10-13-16(2)20-18(19)17-14-11-9-12-15-17/h9,11-12,14-16H,3-8,10,13H2,1-2H3. The van der Waals surface area contributed by atoms with E-state index in [-0.39, 0.29) is 12.1 Å². The minimum Gasteiger partial charge on any atom is -0.459 e. The highest BCUT2D eigenvalue weighted by Gasteiger charge is 2.10. The molecule has 0 saturated carbocycles. The van der Waals surface area contributed by atoms with Gasteiger partial charge in [-0.15, -0.1) is 0 Å². The Balaban J connectivity index is 2.08. The summed E-state index contributed by atoms with van der Waals surface area (Å²) in [5.41, 5.74) is 0.638. The Hall–Kier alpha value is -1.31. The summed E-state index contributed by atoms with van der Waals surface area (Å²) in [6.45, 7) is 4.22. The maximum Gasteiger partial charge on any atom is 0.338 e. The summed E-state index contributed by atoms with van der Waals surface area (Å²) in [5.74, 6) is -0.207. The van der Waals surface area contributed by atoms with Gasteiger partial charge in [0.25, 0.3) is 0 Å². The predicted molar refractivity (Wildman–Crippen MR) is 83.9 cm³/mol. The van der Waals surface area contributed by atoms with Crippen LogP contribution in [0.1, 0.15) is 75.6 Å². The molecule has 0 radical (unpaired) electrons. The lowest BCUT2D eigenvalue weighted by Crippen LogP contribution is -2.14. The number of ether oxygens (including phenoxy) is 1. The van der Waals surface area contributed by atoms with E-state index < -0.39 is 0 Å². The van der Waals surface area contributed by atoms with Crippen LogP contribution in [0.4, 0.5) is 0 Å². The summed E-state index contributed by atoms with van der Waals surface area (Å²) < 4.78 is 5.44. The van der Waals surface area contributed by atoms with Crippen LogP contribution >= 0.6 is 0 Å². The van der Waals surface area contributed by atoms with Crippen molar-refractivity contribution in [2.24, 2.45) is 0 Å². The fourth-order valence-electron chi connectivity index (χ4n) is 2.27. The maximum atomic E-state index is 11.8. The molecule has 0 amide bonds. The van der Waals surface area contributed by atoms with E-state index in [4.69, 9.17) is 4.74 Å². The molecule has 1 rings (SSSR count). The van der Waals surface area contributed by atoms with Crippen molar-refractivity contribution in [3.05, 3.63) is 35.9 Å². The van der Waals surface area contributed by atoms with E-state index >= 15 is 0 Å². The van der Waals surface area contributed by atoms with E-state index in [2.05, 4.69) is 6.92 Å². The number of benzene rings is 1. The first-order chi connectivity index (χ1) is 9.74. The number of rotatable bonds is 10. The number of carbonyl (C=O) groups is 1. The summed E-state index contributed by atoms with van der Waals surface area (Å²) in [6.07, 6.45) is 10.0. The third-order valence-corrected chi connectivity index (χ3v) is 3.53. The highest BCUT2D eigenvalue weighted by atomic mass is 16.5. The van der Waals surface area contributed by atoms with Crippen LogP contribution < -0.4 is 0 Å². The Morgan fingerprint density at radius 2 is 1.60 bits per heavy atom. The number of carbonyl (C=O) groups excluding carboxylic acids is 1. The van der Waals surface area contributed by atoms with Crippen molar-refractivity contribution in [2.45, 2.75) is 71.3 Å². The molecule has 1 atom stereocenters. The molecule has 1 aromatic carbocycles. The van der Waals surface area contributed by atoms with Crippen molar-refractivity contribution in [3.63, 3.8) is 0 Å². The van der Waals surface area contributed by atoms with Gasteiger partial charge in [-0.05, 0) is 31.9 Å². The largest absolute Gasteiger partial charge is 0.459 e. The van der Waals surface area contributed by atoms with E-state index in [1.807, 2.05) is 25.1 Å². The van der Waals surface area contributed by atoms with Gasteiger partial charge in [0, 0.05) is 0 Å². The van der Waals surface area contributed by atoms with Crippen molar-refractivity contribution in [2.75, 3.05) is 0 Å². The van der Waals surface area contributed by atoms with Gasteiger partial charge >= 0.3 is 5.97 Å². The normalized spacial score (nSPS) is 12.1. The van der Waals surface area contributed by atoms with E-state index in [9.17, 15) is 4.79 Å². The van der Waals surface area contributed by atoms with Gasteiger partial charge in [-0.1, -0.05) is 63.6 Å². The topological polar surface area (TPSA) is 26.3 Å². The molecular weight excluding hydrogens is 248 g/mol. The summed E-state index contributed by atoms with van der Waals surface area (Å²) in [5, 5.41) is 0. The van der Waals surface area contributed by atoms with Crippen molar-refractivity contribution in [1.29, 1.82) is 0 Å². The average Bonchev–Trinajstić information content (AvgIpc) is 2.47. The molecule has 0 fully saturated rings. The number of unbranched alkanes of at least 4 members (excludes halogenated alkanes) is 6. The highest BCUT2D eigenvalue weighted by molar-refractivity contribution is 5.89. The van der Waals surface area contributed by atoms with Gasteiger partial charge < -0.3 is 4.74 Å². The number of hydrogen-bond acceptors (Lipinski definition) is 2. The Labute approximate surface area is 123 Å². The molecule has 1 unspecified atom stereocenters. The zero-order chi connectivity index (χ0) is 14.6. The fraction of sp³-hybridized carbons (Fsp3) is 0.611. The smallest absolute Gasteiger partial charge is 0.338 e. The van der Waals surface area contributed by atoms with Gasteiger partial charge in [-0.25, -0.2) is 4.79 Å². The van der Waals surface area contributed by atoms with E-state index in [1.165, 1.54) is 38.5 Å². The van der Waals surface area contributed by atoms with Crippen LogP contribution in [0.5, 0.6) is 0 Å². The molecule has 0 saturated heterocycles. The molecule has 2 nitrogen and oxygen atoms in total. The molecule has 112 valence electrons. The Morgan fingerprint density at radius 3 is 2.25 bits per heavy atom. The number of hydrogen-bond donors (Lipinski definition) is 0. The lowest BCUT2D eigenvalue weighted by atomic mass is 10.1. The van der Waals surface area contributed by atoms with E-state index in [0.29, 0.717) is 5.56 Å². The minimum atomic E-state index is -0.207. The summed E-state index contributed by atoms with van der Waals surface area (Å²) in [7, 11) is 0. The van der Waals surface area contributed by atoms with Crippen LogP contribution in [0.15, 0.2) is 30.3 Å². The quantitative estimate of drug-likeness (QED) is 0.424. The van der Waals surface area contributed by atoms with E-state index in [0.717, 1.165) is 12.8 Å². The van der Waals surface area contributed by atoms with Gasteiger partial charge in [0.15, 0.2) is 0 Å². The Kier molecular flexibility index (Phi) is 8.77. The van der Waals surface area contributed by atoms with Gasteiger partial charge in [0.2, 0.25) is 0 Å². The van der Waals surface area contributed by atoms with Crippen LogP contribution in [0.25, 0.3) is 0 Å². The minimum absolute atomic E-state index is 0.0124. The molecule has 0 bridgehead atoms. The lowest BCUT2D eigenvalue weighted by Gasteiger charge is -2.13. The van der Waals surface area contributed by atoms with Crippen LogP contribution in [0.3, 0.4) is 0 Å². The molecule has 0 aromatic heterocycles. The van der Waals surface area contributed by atoms with E-state index in [1.54, 1.807) is 12.1 Å². The van der Waals surface area contributed by atoms with Crippen LogP contribution in [-0.4, -0.2) is 12.1 Å². The second-order valence-electron chi connectivity index (χ2n) is 5.49. The lowest BCUT2D eigenvalue weighted by molar-refractivity contribution is 0.0319. The van der Waals surface area contributed by atoms with Gasteiger partial charge in [-0.3, -0.25) is 0 Å². The Bertz CT molecular complexity index is 359. The van der Waals surface area contributed by atoms with Crippen molar-refractivity contribution >= 4 is 5.97 Å². The molecular formula is C18H28O2. The van der Waals surface area contributed by atoms with Gasteiger partial charge in [0.05, 0.1) is 11.7 Å². The molecule has 0 aliphatic heterocycles. The second-order valence-corrected chi connectivity index (χ2v) is 5.49. The molecule has 0 aliphatic carbocycles. The third kappa shape index (κ3) is 7.32. The molecule has 0 heterocycles. The third-order valence-electron chi connectivity index (χ3n) is 3.53. The maximum absolute atomic E-state index is 11.8. The van der Waals surface area contributed by atoms with Crippen LogP contribution in [0, 0.1) is 0 Å². The van der Waals surface area contributed by atoms with Gasteiger partial charge in [-0.2, -0.15) is 0 Å². The predicted octanol–water partition coefficient (Wildman–Crippen LogP) is 5.37. The zero-order valence-corrected chi connectivity index (χ0v) is 12.9. The molecule has 0 aliphatic rings. The van der Waals surface area contributed by atoms with Crippen LogP contribution in [-0.2, 0) is 4.74 Å². The van der Waals surface area contributed by atoms with Crippen molar-refractivity contribution in [3.8, 4) is 0 Å². The first-order valence-corrected chi connectivity index (χ1v) is 8.00. The van der Waals surface area contributed by atoms with Crippen molar-refractivity contribution < 1.29 is 9.53 Å². The molecule has 0 N–H and O–H groups in total. The number of esters is 1. The molecule has 1 aromatic rings. The highest BCUT2D eigenvalue weighted by Crippen LogP contribution is 2.12. The van der Waals surface area contributed by atoms with Gasteiger partial charge in [0.1, 0.15) is 0 Å². The van der Waals surface area contributed by atoms with Crippen LogP contribution in [0.2, 0.25) is 0 Å². The second kappa shape index (κ2) is 10.5.